The van der Waals surface area contributed by atoms with Gasteiger partial charge >= 0.3 is 0 Å². The van der Waals surface area contributed by atoms with Crippen molar-refractivity contribution in [1.29, 1.82) is 0 Å². The summed E-state index contributed by atoms with van der Waals surface area (Å²) in [7, 11) is 0. The molecule has 2 bridgehead atoms. The lowest BCUT2D eigenvalue weighted by atomic mass is 10.1. The van der Waals surface area contributed by atoms with Gasteiger partial charge in [-0.3, -0.25) is 4.90 Å². The van der Waals surface area contributed by atoms with Gasteiger partial charge in [0, 0.05) is 24.8 Å². The second-order valence-corrected chi connectivity index (χ2v) is 4.83. The Labute approximate surface area is 96.2 Å². The topological polar surface area (TPSA) is 38.5 Å². The number of hydrogen-bond donors (Lipinski definition) is 1. The van der Waals surface area contributed by atoms with Crippen LogP contribution in [0.15, 0.2) is 24.3 Å². The van der Waals surface area contributed by atoms with E-state index < -0.39 is 0 Å². The molecule has 0 amide bonds. The molecule has 1 aromatic rings. The van der Waals surface area contributed by atoms with Gasteiger partial charge in [-0.05, 0) is 30.5 Å². The van der Waals surface area contributed by atoms with Crippen molar-refractivity contribution in [1.82, 2.24) is 4.90 Å². The lowest BCUT2D eigenvalue weighted by Crippen LogP contribution is -2.38. The lowest BCUT2D eigenvalue weighted by Gasteiger charge is -2.26. The van der Waals surface area contributed by atoms with Crippen molar-refractivity contribution in [3.05, 3.63) is 29.8 Å². The molecule has 0 radical (unpaired) electrons. The molecule has 3 nitrogen and oxygen atoms in total. The number of nitrogen functional groups attached to an aromatic ring is 1. The third-order valence-electron chi connectivity index (χ3n) is 3.65. The van der Waals surface area contributed by atoms with Crippen LogP contribution in [0.4, 0.5) is 5.69 Å². The minimum absolute atomic E-state index is 0.505. The number of ether oxygens (including phenoxy) is 1. The van der Waals surface area contributed by atoms with E-state index in [2.05, 4.69) is 17.0 Å². The predicted octanol–water partition coefficient (Wildman–Crippen LogP) is 1.28. The summed E-state index contributed by atoms with van der Waals surface area (Å²) in [6.45, 7) is 3.18. The van der Waals surface area contributed by atoms with Crippen LogP contribution < -0.4 is 5.73 Å². The zero-order chi connectivity index (χ0) is 11.0. The summed E-state index contributed by atoms with van der Waals surface area (Å²) in [5.74, 6) is 0. The maximum Gasteiger partial charge on any atom is 0.0718 e. The minimum atomic E-state index is 0.505. The standard InChI is InChI=1S/C13H18N2O/c14-11-3-1-2-10(6-11)4-5-15-8-13-7-12(15)9-16-13/h1-3,6,12-13H,4-5,7-9,14H2. The Kier molecular flexibility index (Phi) is 2.58. The van der Waals surface area contributed by atoms with E-state index in [4.69, 9.17) is 10.5 Å². The maximum atomic E-state index is 5.77. The number of hydrogen-bond acceptors (Lipinski definition) is 3. The summed E-state index contributed by atoms with van der Waals surface area (Å²) < 4.78 is 5.59. The van der Waals surface area contributed by atoms with Gasteiger partial charge in [-0.25, -0.2) is 0 Å². The summed E-state index contributed by atoms with van der Waals surface area (Å²) in [6.07, 6.45) is 2.83. The molecule has 2 aliphatic rings. The van der Waals surface area contributed by atoms with Crippen LogP contribution in [0.5, 0.6) is 0 Å². The van der Waals surface area contributed by atoms with Gasteiger partial charge in [0.25, 0.3) is 0 Å². The van der Waals surface area contributed by atoms with Crippen LogP contribution in [0.25, 0.3) is 0 Å². The van der Waals surface area contributed by atoms with E-state index in [0.29, 0.717) is 12.1 Å². The predicted molar refractivity (Wildman–Crippen MR) is 64.3 cm³/mol. The van der Waals surface area contributed by atoms with E-state index in [1.165, 1.54) is 12.0 Å². The number of benzene rings is 1. The van der Waals surface area contributed by atoms with Gasteiger partial charge in [0.15, 0.2) is 0 Å². The van der Waals surface area contributed by atoms with Gasteiger partial charge in [-0.15, -0.1) is 0 Å². The second kappa shape index (κ2) is 4.07. The van der Waals surface area contributed by atoms with E-state index in [1.54, 1.807) is 0 Å². The quantitative estimate of drug-likeness (QED) is 0.777. The van der Waals surface area contributed by atoms with E-state index in [0.717, 1.165) is 31.8 Å². The molecule has 2 heterocycles. The van der Waals surface area contributed by atoms with Crippen molar-refractivity contribution in [2.75, 3.05) is 25.4 Å². The van der Waals surface area contributed by atoms with Crippen molar-refractivity contribution >= 4 is 5.69 Å². The molecule has 2 saturated heterocycles. The van der Waals surface area contributed by atoms with Crippen LogP contribution in [0, 0.1) is 0 Å². The number of fused-ring (bicyclic) bond motifs is 2. The number of nitrogens with two attached hydrogens (primary N) is 1. The molecule has 0 spiro atoms. The molecule has 2 fully saturated rings. The lowest BCUT2D eigenvalue weighted by molar-refractivity contribution is 0.0311. The van der Waals surface area contributed by atoms with Crippen molar-refractivity contribution in [3.8, 4) is 0 Å². The molecule has 1 aromatic carbocycles. The minimum Gasteiger partial charge on any atom is -0.399 e. The molecular formula is C13H18N2O. The number of anilines is 1. The Balaban J connectivity index is 1.57. The van der Waals surface area contributed by atoms with Gasteiger partial charge in [-0.2, -0.15) is 0 Å². The van der Waals surface area contributed by atoms with E-state index in [9.17, 15) is 0 Å². The number of morpholine rings is 1. The molecule has 2 atom stereocenters. The number of likely N-dealkylation sites (tertiary alicyclic amines) is 1. The molecule has 2 N–H and O–H groups in total. The zero-order valence-electron chi connectivity index (χ0n) is 9.43. The van der Waals surface area contributed by atoms with Crippen LogP contribution in [0.2, 0.25) is 0 Å². The highest BCUT2D eigenvalue weighted by molar-refractivity contribution is 5.40. The molecule has 3 rings (SSSR count). The molecule has 0 saturated carbocycles. The molecule has 0 aliphatic carbocycles. The van der Waals surface area contributed by atoms with Gasteiger partial charge in [-0.1, -0.05) is 12.1 Å². The summed E-state index contributed by atoms with van der Waals surface area (Å²) in [5, 5.41) is 0. The Morgan fingerprint density at radius 3 is 3.06 bits per heavy atom. The van der Waals surface area contributed by atoms with E-state index in [-0.39, 0.29) is 0 Å². The van der Waals surface area contributed by atoms with E-state index in [1.807, 2.05) is 12.1 Å². The molecule has 86 valence electrons. The molecule has 2 unspecified atom stereocenters. The largest absolute Gasteiger partial charge is 0.399 e. The van der Waals surface area contributed by atoms with Crippen LogP contribution in [-0.4, -0.2) is 36.7 Å². The highest BCUT2D eigenvalue weighted by atomic mass is 16.5. The fourth-order valence-electron chi connectivity index (χ4n) is 2.77. The normalized spacial score (nSPS) is 28.8. The highest BCUT2D eigenvalue weighted by Crippen LogP contribution is 2.27. The average molecular weight is 218 g/mol. The first kappa shape index (κ1) is 10.1. The average Bonchev–Trinajstić information content (AvgIpc) is 2.88. The van der Waals surface area contributed by atoms with Crippen molar-refractivity contribution in [3.63, 3.8) is 0 Å². The number of rotatable bonds is 3. The molecular weight excluding hydrogens is 200 g/mol. The first-order chi connectivity index (χ1) is 7.81. The van der Waals surface area contributed by atoms with Crippen molar-refractivity contribution in [2.45, 2.75) is 25.0 Å². The van der Waals surface area contributed by atoms with Gasteiger partial charge in [0.05, 0.1) is 12.7 Å². The summed E-state index contributed by atoms with van der Waals surface area (Å²) in [5.41, 5.74) is 7.97. The van der Waals surface area contributed by atoms with Crippen molar-refractivity contribution in [2.24, 2.45) is 0 Å². The fourth-order valence-corrected chi connectivity index (χ4v) is 2.77. The Bertz CT molecular complexity index is 380. The Morgan fingerprint density at radius 1 is 1.44 bits per heavy atom. The first-order valence-electron chi connectivity index (χ1n) is 6.01. The smallest absolute Gasteiger partial charge is 0.0718 e. The van der Waals surface area contributed by atoms with E-state index >= 15 is 0 Å². The SMILES string of the molecule is Nc1cccc(CCN2CC3CC2CO3)c1. The fraction of sp³-hybridized carbons (Fsp3) is 0.538. The first-order valence-corrected chi connectivity index (χ1v) is 6.01. The summed E-state index contributed by atoms with van der Waals surface area (Å²) in [6, 6.07) is 8.87. The van der Waals surface area contributed by atoms with Crippen LogP contribution in [-0.2, 0) is 11.2 Å². The van der Waals surface area contributed by atoms with Crippen molar-refractivity contribution < 1.29 is 4.74 Å². The van der Waals surface area contributed by atoms with Gasteiger partial charge < -0.3 is 10.5 Å². The highest BCUT2D eigenvalue weighted by Gasteiger charge is 2.38. The molecule has 2 aliphatic heterocycles. The van der Waals surface area contributed by atoms with Crippen LogP contribution in [0.3, 0.4) is 0 Å². The monoisotopic (exact) mass is 218 g/mol. The summed E-state index contributed by atoms with van der Waals surface area (Å²) in [4.78, 5) is 2.55. The van der Waals surface area contributed by atoms with Crippen LogP contribution >= 0.6 is 0 Å². The van der Waals surface area contributed by atoms with Gasteiger partial charge in [0.1, 0.15) is 0 Å². The van der Waals surface area contributed by atoms with Crippen LogP contribution in [0.1, 0.15) is 12.0 Å². The second-order valence-electron chi connectivity index (χ2n) is 4.83. The Hall–Kier alpha value is -1.06. The summed E-state index contributed by atoms with van der Waals surface area (Å²) >= 11 is 0. The number of nitrogens with zero attached hydrogens (tertiary/aromatic N) is 1. The molecule has 16 heavy (non-hydrogen) atoms. The van der Waals surface area contributed by atoms with Gasteiger partial charge in [0.2, 0.25) is 0 Å². The Morgan fingerprint density at radius 2 is 2.38 bits per heavy atom. The third kappa shape index (κ3) is 1.93. The molecule has 0 aromatic heterocycles. The maximum absolute atomic E-state index is 5.77. The third-order valence-corrected chi connectivity index (χ3v) is 3.65. The molecule has 3 heteroatoms. The zero-order valence-corrected chi connectivity index (χ0v) is 9.43.